The minimum atomic E-state index is -0.446. The second kappa shape index (κ2) is 5.09. The van der Waals surface area contributed by atoms with E-state index in [-0.39, 0.29) is 23.7 Å². The van der Waals surface area contributed by atoms with Gasteiger partial charge in [-0.1, -0.05) is 11.6 Å². The summed E-state index contributed by atoms with van der Waals surface area (Å²) in [5.74, 6) is -0.865. The van der Waals surface area contributed by atoms with E-state index in [9.17, 15) is 9.18 Å². The summed E-state index contributed by atoms with van der Waals surface area (Å²) in [5.41, 5.74) is 0.567. The highest BCUT2D eigenvalue weighted by molar-refractivity contribution is 6.33. The Balaban J connectivity index is 2.94. The number of hydrogen-bond acceptors (Lipinski definition) is 2. The first-order chi connectivity index (χ1) is 7.06. The van der Waals surface area contributed by atoms with Crippen LogP contribution < -0.4 is 5.32 Å². The molecule has 5 heteroatoms. The molecule has 0 bridgehead atoms. The zero-order valence-corrected chi connectivity index (χ0v) is 8.94. The zero-order valence-electron chi connectivity index (χ0n) is 8.18. The molecule has 0 fully saturated rings. The summed E-state index contributed by atoms with van der Waals surface area (Å²) >= 11 is 5.71. The number of hydrogen-bond donors (Lipinski definition) is 2. The number of carbonyl (C=O) groups is 1. The van der Waals surface area contributed by atoms with Gasteiger partial charge >= 0.3 is 0 Å². The van der Waals surface area contributed by atoms with Gasteiger partial charge in [0.2, 0.25) is 0 Å². The number of aliphatic hydroxyl groups excluding tert-OH is 1. The molecule has 0 spiro atoms. The summed E-state index contributed by atoms with van der Waals surface area (Å²) in [5, 5.41) is 11.0. The Morgan fingerprint density at radius 1 is 1.60 bits per heavy atom. The van der Waals surface area contributed by atoms with Crippen LogP contribution in [-0.2, 0) is 0 Å². The summed E-state index contributed by atoms with van der Waals surface area (Å²) in [6.45, 7) is 1.55. The summed E-state index contributed by atoms with van der Waals surface area (Å²) in [7, 11) is 0. The molecule has 0 aliphatic heterocycles. The molecule has 0 saturated carbocycles. The number of rotatable bonds is 3. The molecule has 0 saturated heterocycles. The molecule has 0 heterocycles. The Kier molecular flexibility index (Phi) is 4.05. The second-order valence-electron chi connectivity index (χ2n) is 3.06. The van der Waals surface area contributed by atoms with E-state index in [1.165, 1.54) is 6.07 Å². The van der Waals surface area contributed by atoms with E-state index in [0.29, 0.717) is 5.56 Å². The van der Waals surface area contributed by atoms with Gasteiger partial charge in [0.05, 0.1) is 17.2 Å². The van der Waals surface area contributed by atoms with Crippen molar-refractivity contribution in [3.63, 3.8) is 0 Å². The summed E-state index contributed by atoms with van der Waals surface area (Å²) < 4.78 is 13.0. The molecule has 0 aliphatic rings. The lowest BCUT2D eigenvalue weighted by atomic mass is 10.1. The van der Waals surface area contributed by atoms with E-state index in [2.05, 4.69) is 5.32 Å². The smallest absolute Gasteiger partial charge is 0.252 e. The predicted molar refractivity (Wildman–Crippen MR) is 55.6 cm³/mol. The number of benzene rings is 1. The molecule has 1 aromatic rings. The third kappa shape index (κ3) is 2.91. The molecule has 0 aliphatic carbocycles. The quantitative estimate of drug-likeness (QED) is 0.829. The second-order valence-corrected chi connectivity index (χ2v) is 3.47. The molecule has 1 aromatic carbocycles. The van der Waals surface area contributed by atoms with Crippen LogP contribution in [0.4, 0.5) is 4.39 Å². The molecule has 15 heavy (non-hydrogen) atoms. The lowest BCUT2D eigenvalue weighted by molar-refractivity contribution is 0.0945. The first kappa shape index (κ1) is 11.9. The molecule has 0 aromatic heterocycles. The monoisotopic (exact) mass is 231 g/mol. The van der Waals surface area contributed by atoms with Crippen LogP contribution in [0.1, 0.15) is 15.9 Å². The fourth-order valence-corrected chi connectivity index (χ4v) is 1.33. The molecular formula is C10H11ClFNO2. The lowest BCUT2D eigenvalue weighted by Gasteiger charge is -2.06. The Labute approximate surface area is 91.9 Å². The summed E-state index contributed by atoms with van der Waals surface area (Å²) in [6, 6.07) is 2.48. The number of aryl methyl sites for hydroxylation is 1. The van der Waals surface area contributed by atoms with Gasteiger partial charge in [-0.25, -0.2) is 4.39 Å². The Morgan fingerprint density at radius 3 is 2.87 bits per heavy atom. The van der Waals surface area contributed by atoms with Crippen molar-refractivity contribution < 1.29 is 14.3 Å². The van der Waals surface area contributed by atoms with Crippen molar-refractivity contribution in [3.05, 3.63) is 34.1 Å². The van der Waals surface area contributed by atoms with Crippen molar-refractivity contribution in [2.75, 3.05) is 13.2 Å². The normalized spacial score (nSPS) is 10.1. The van der Waals surface area contributed by atoms with Crippen molar-refractivity contribution >= 4 is 17.5 Å². The predicted octanol–water partition coefficient (Wildman–Crippen LogP) is 1.51. The average Bonchev–Trinajstić information content (AvgIpc) is 2.20. The number of amides is 1. The van der Waals surface area contributed by atoms with Gasteiger partial charge in [-0.15, -0.1) is 0 Å². The highest BCUT2D eigenvalue weighted by atomic mass is 35.5. The topological polar surface area (TPSA) is 49.3 Å². The number of aliphatic hydroxyl groups is 1. The zero-order chi connectivity index (χ0) is 11.4. The number of carbonyl (C=O) groups excluding carboxylic acids is 1. The molecule has 2 N–H and O–H groups in total. The highest BCUT2D eigenvalue weighted by Gasteiger charge is 2.12. The van der Waals surface area contributed by atoms with E-state index >= 15 is 0 Å². The van der Waals surface area contributed by atoms with Gasteiger partial charge in [0, 0.05) is 6.54 Å². The number of nitrogens with one attached hydrogen (secondary N) is 1. The van der Waals surface area contributed by atoms with Crippen molar-refractivity contribution in [1.82, 2.24) is 5.32 Å². The molecule has 82 valence electrons. The van der Waals surface area contributed by atoms with Gasteiger partial charge in [-0.3, -0.25) is 4.79 Å². The van der Waals surface area contributed by atoms with Crippen LogP contribution in [0.3, 0.4) is 0 Å². The summed E-state index contributed by atoms with van der Waals surface area (Å²) in [4.78, 5) is 11.5. The van der Waals surface area contributed by atoms with Gasteiger partial charge in [-0.2, -0.15) is 0 Å². The largest absolute Gasteiger partial charge is 0.395 e. The SMILES string of the molecule is Cc1cc(C(=O)NCCO)c(Cl)cc1F. The third-order valence-corrected chi connectivity index (χ3v) is 2.20. The minimum Gasteiger partial charge on any atom is -0.395 e. The fourth-order valence-electron chi connectivity index (χ4n) is 1.10. The molecule has 0 radical (unpaired) electrons. The van der Waals surface area contributed by atoms with Crippen molar-refractivity contribution in [3.8, 4) is 0 Å². The Bertz CT molecular complexity index is 382. The van der Waals surface area contributed by atoms with Gasteiger partial charge in [0.15, 0.2) is 0 Å². The van der Waals surface area contributed by atoms with Gasteiger partial charge in [0.1, 0.15) is 5.82 Å². The van der Waals surface area contributed by atoms with Crippen LogP contribution in [0.25, 0.3) is 0 Å². The van der Waals surface area contributed by atoms with E-state index in [1.54, 1.807) is 6.92 Å². The standard InChI is InChI=1S/C10H11ClFNO2/c1-6-4-7(8(11)5-9(6)12)10(15)13-2-3-14/h4-5,14H,2-3H2,1H3,(H,13,15). The van der Waals surface area contributed by atoms with Crippen LogP contribution in [0, 0.1) is 12.7 Å². The summed E-state index contributed by atoms with van der Waals surface area (Å²) in [6.07, 6.45) is 0. The van der Waals surface area contributed by atoms with Crippen LogP contribution in [0.5, 0.6) is 0 Å². The van der Waals surface area contributed by atoms with Gasteiger partial charge in [-0.05, 0) is 24.6 Å². The van der Waals surface area contributed by atoms with Crippen LogP contribution >= 0.6 is 11.6 Å². The molecule has 1 amide bonds. The highest BCUT2D eigenvalue weighted by Crippen LogP contribution is 2.20. The van der Waals surface area contributed by atoms with Crippen LogP contribution in [-0.4, -0.2) is 24.2 Å². The van der Waals surface area contributed by atoms with Gasteiger partial charge < -0.3 is 10.4 Å². The van der Waals surface area contributed by atoms with E-state index in [1.807, 2.05) is 0 Å². The minimum absolute atomic E-state index is 0.0635. The van der Waals surface area contributed by atoms with Crippen LogP contribution in [0.15, 0.2) is 12.1 Å². The maximum Gasteiger partial charge on any atom is 0.252 e. The van der Waals surface area contributed by atoms with Crippen molar-refractivity contribution in [1.29, 1.82) is 0 Å². The van der Waals surface area contributed by atoms with Gasteiger partial charge in [0.25, 0.3) is 5.91 Å². The van der Waals surface area contributed by atoms with Crippen molar-refractivity contribution in [2.45, 2.75) is 6.92 Å². The average molecular weight is 232 g/mol. The number of halogens is 2. The van der Waals surface area contributed by atoms with E-state index < -0.39 is 11.7 Å². The lowest BCUT2D eigenvalue weighted by Crippen LogP contribution is -2.26. The maximum absolute atomic E-state index is 13.0. The Morgan fingerprint density at radius 2 is 2.27 bits per heavy atom. The van der Waals surface area contributed by atoms with Crippen LogP contribution in [0.2, 0.25) is 5.02 Å². The molecular weight excluding hydrogens is 221 g/mol. The molecule has 3 nitrogen and oxygen atoms in total. The van der Waals surface area contributed by atoms with Crippen molar-refractivity contribution in [2.24, 2.45) is 0 Å². The Hall–Kier alpha value is -1.13. The maximum atomic E-state index is 13.0. The molecule has 0 unspecified atom stereocenters. The third-order valence-electron chi connectivity index (χ3n) is 1.89. The van der Waals surface area contributed by atoms with E-state index in [4.69, 9.17) is 16.7 Å². The van der Waals surface area contributed by atoms with E-state index in [0.717, 1.165) is 6.07 Å². The molecule has 1 rings (SSSR count). The first-order valence-electron chi connectivity index (χ1n) is 4.41. The first-order valence-corrected chi connectivity index (χ1v) is 4.78. The fraction of sp³-hybridized carbons (Fsp3) is 0.300. The molecule has 0 atom stereocenters.